The summed E-state index contributed by atoms with van der Waals surface area (Å²) in [6.07, 6.45) is 2.37. The van der Waals surface area contributed by atoms with E-state index in [2.05, 4.69) is 22.5 Å². The van der Waals surface area contributed by atoms with Crippen molar-refractivity contribution in [1.29, 1.82) is 0 Å². The zero-order chi connectivity index (χ0) is 23.8. The summed E-state index contributed by atoms with van der Waals surface area (Å²) in [6.45, 7) is 2.99. The number of alkyl halides is 3. The lowest BCUT2D eigenvalue weighted by atomic mass is 10.1. The number of phenolic OH excluding ortho intramolecular Hbond substituents is 1. The van der Waals surface area contributed by atoms with Gasteiger partial charge in [-0.25, -0.2) is 0 Å². The SMILES string of the molecule is CC(CCCCC(=O)Nc1ccc(C(F)(F)F)cc1)NCCCc1c[nH]c2ccc(O)cc12. The smallest absolute Gasteiger partial charge is 0.416 e. The highest BCUT2D eigenvalue weighted by molar-refractivity contribution is 5.90. The second-order valence-electron chi connectivity index (χ2n) is 8.37. The Bertz CT molecular complexity index is 1050. The summed E-state index contributed by atoms with van der Waals surface area (Å²) >= 11 is 0. The minimum atomic E-state index is -4.38. The Hall–Kier alpha value is -3.00. The third kappa shape index (κ3) is 7.53. The van der Waals surface area contributed by atoms with Crippen molar-refractivity contribution in [3.05, 3.63) is 59.8 Å². The fourth-order valence-electron chi connectivity index (χ4n) is 3.80. The zero-order valence-electron chi connectivity index (χ0n) is 18.6. The number of nitrogens with one attached hydrogen (secondary N) is 3. The summed E-state index contributed by atoms with van der Waals surface area (Å²) in [6, 6.07) is 10.1. The van der Waals surface area contributed by atoms with Gasteiger partial charge >= 0.3 is 6.18 Å². The monoisotopic (exact) mass is 461 g/mol. The summed E-state index contributed by atoms with van der Waals surface area (Å²) in [5, 5.41) is 16.9. The lowest BCUT2D eigenvalue weighted by molar-refractivity contribution is -0.137. The number of halogens is 3. The Kier molecular flexibility index (Phi) is 8.38. The van der Waals surface area contributed by atoms with Crippen molar-refractivity contribution < 1.29 is 23.1 Å². The molecule has 178 valence electrons. The number of H-pyrrole nitrogens is 1. The van der Waals surface area contributed by atoms with Gasteiger partial charge in [0.1, 0.15) is 5.75 Å². The van der Waals surface area contributed by atoms with Gasteiger partial charge in [0, 0.05) is 35.2 Å². The molecule has 3 aromatic rings. The number of carbonyl (C=O) groups excluding carboxylic acids is 1. The summed E-state index contributed by atoms with van der Waals surface area (Å²) in [5.41, 5.74) is 1.84. The molecule has 0 saturated heterocycles. The molecule has 0 aliphatic rings. The van der Waals surface area contributed by atoms with Gasteiger partial charge in [-0.05, 0) is 87.2 Å². The van der Waals surface area contributed by atoms with E-state index in [1.807, 2.05) is 12.3 Å². The van der Waals surface area contributed by atoms with E-state index in [4.69, 9.17) is 0 Å². The lowest BCUT2D eigenvalue weighted by Crippen LogP contribution is -2.27. The molecule has 5 nitrogen and oxygen atoms in total. The van der Waals surface area contributed by atoms with Crippen LogP contribution in [0.5, 0.6) is 5.75 Å². The molecule has 1 atom stereocenters. The number of hydrogen-bond acceptors (Lipinski definition) is 3. The van der Waals surface area contributed by atoms with Crippen molar-refractivity contribution in [2.75, 3.05) is 11.9 Å². The second kappa shape index (κ2) is 11.2. The van der Waals surface area contributed by atoms with Crippen molar-refractivity contribution >= 4 is 22.5 Å². The van der Waals surface area contributed by atoms with Crippen molar-refractivity contribution in [3.8, 4) is 5.75 Å². The molecule has 0 spiro atoms. The van der Waals surface area contributed by atoms with Crippen LogP contribution in [0, 0.1) is 0 Å². The summed E-state index contributed by atoms with van der Waals surface area (Å²) in [4.78, 5) is 15.2. The van der Waals surface area contributed by atoms with Crippen LogP contribution in [0.1, 0.15) is 50.2 Å². The summed E-state index contributed by atoms with van der Waals surface area (Å²) < 4.78 is 37.7. The van der Waals surface area contributed by atoms with Gasteiger partial charge in [-0.1, -0.05) is 6.42 Å². The van der Waals surface area contributed by atoms with Crippen LogP contribution in [-0.2, 0) is 17.4 Å². The highest BCUT2D eigenvalue weighted by Gasteiger charge is 2.29. The fraction of sp³-hybridized carbons (Fsp3) is 0.400. The van der Waals surface area contributed by atoms with E-state index in [1.165, 1.54) is 17.7 Å². The number of carbonyl (C=O) groups is 1. The molecule has 0 radical (unpaired) electrons. The van der Waals surface area contributed by atoms with Crippen LogP contribution < -0.4 is 10.6 Å². The number of aromatic nitrogens is 1. The predicted octanol–water partition coefficient (Wildman–Crippen LogP) is 6.00. The molecule has 0 aliphatic carbocycles. The van der Waals surface area contributed by atoms with Gasteiger partial charge < -0.3 is 20.7 Å². The standard InChI is InChI=1S/C25H30F3N3O2/c1-17(29-14-4-6-18-16-30-23-13-12-21(32)15-22(18)23)5-2-3-7-24(33)31-20-10-8-19(9-11-20)25(26,27)28/h8-13,15-17,29-30,32H,2-7,14H2,1H3,(H,31,33). The normalized spacial score (nSPS) is 12.7. The first-order valence-corrected chi connectivity index (χ1v) is 11.2. The highest BCUT2D eigenvalue weighted by atomic mass is 19.4. The van der Waals surface area contributed by atoms with Gasteiger partial charge in [0.25, 0.3) is 0 Å². The maximum absolute atomic E-state index is 12.6. The van der Waals surface area contributed by atoms with Crippen LogP contribution >= 0.6 is 0 Å². The van der Waals surface area contributed by atoms with Crippen LogP contribution in [0.25, 0.3) is 10.9 Å². The Morgan fingerprint density at radius 3 is 2.58 bits per heavy atom. The van der Waals surface area contributed by atoms with E-state index >= 15 is 0 Å². The number of aromatic amines is 1. The van der Waals surface area contributed by atoms with Crippen LogP contribution in [0.2, 0.25) is 0 Å². The number of fused-ring (bicyclic) bond motifs is 1. The summed E-state index contributed by atoms with van der Waals surface area (Å²) in [7, 11) is 0. The van der Waals surface area contributed by atoms with Crippen molar-refractivity contribution in [1.82, 2.24) is 10.3 Å². The average molecular weight is 462 g/mol. The first kappa shape index (κ1) is 24.6. The number of anilines is 1. The Balaban J connectivity index is 1.27. The second-order valence-corrected chi connectivity index (χ2v) is 8.37. The first-order chi connectivity index (χ1) is 15.7. The number of unbranched alkanes of at least 4 members (excludes halogenated alkanes) is 1. The van der Waals surface area contributed by atoms with Crippen LogP contribution in [0.15, 0.2) is 48.7 Å². The molecule has 4 N–H and O–H groups in total. The first-order valence-electron chi connectivity index (χ1n) is 11.2. The van der Waals surface area contributed by atoms with Crippen LogP contribution in [0.3, 0.4) is 0 Å². The number of phenols is 1. The van der Waals surface area contributed by atoms with Gasteiger partial charge in [0.05, 0.1) is 5.56 Å². The van der Waals surface area contributed by atoms with Gasteiger partial charge in [0.2, 0.25) is 5.91 Å². The van der Waals surface area contributed by atoms with E-state index in [9.17, 15) is 23.1 Å². The fourth-order valence-corrected chi connectivity index (χ4v) is 3.80. The van der Waals surface area contributed by atoms with Crippen LogP contribution in [0.4, 0.5) is 18.9 Å². The van der Waals surface area contributed by atoms with Gasteiger partial charge in [-0.2, -0.15) is 13.2 Å². The highest BCUT2D eigenvalue weighted by Crippen LogP contribution is 2.30. The number of benzene rings is 2. The molecular formula is C25H30F3N3O2. The lowest BCUT2D eigenvalue weighted by Gasteiger charge is -2.13. The molecule has 0 aliphatic heterocycles. The minimum Gasteiger partial charge on any atom is -0.508 e. The summed E-state index contributed by atoms with van der Waals surface area (Å²) in [5.74, 6) is 0.0725. The maximum Gasteiger partial charge on any atom is 0.416 e. The largest absolute Gasteiger partial charge is 0.508 e. The molecule has 1 unspecified atom stereocenters. The van der Waals surface area contributed by atoms with E-state index in [1.54, 1.807) is 12.1 Å². The van der Waals surface area contributed by atoms with Crippen LogP contribution in [-0.4, -0.2) is 28.6 Å². The molecule has 0 saturated carbocycles. The maximum atomic E-state index is 12.6. The number of amides is 1. The van der Waals surface area contributed by atoms with Crippen molar-refractivity contribution in [3.63, 3.8) is 0 Å². The molecule has 2 aromatic carbocycles. The Morgan fingerprint density at radius 1 is 1.09 bits per heavy atom. The molecule has 8 heteroatoms. The van der Waals surface area contributed by atoms with Gasteiger partial charge in [0.15, 0.2) is 0 Å². The Morgan fingerprint density at radius 2 is 1.85 bits per heavy atom. The average Bonchev–Trinajstić information content (AvgIpc) is 3.16. The molecule has 0 fully saturated rings. The van der Waals surface area contributed by atoms with E-state index in [0.29, 0.717) is 18.2 Å². The van der Waals surface area contributed by atoms with Gasteiger partial charge in [-0.15, -0.1) is 0 Å². The molecule has 1 amide bonds. The molecule has 0 bridgehead atoms. The van der Waals surface area contributed by atoms with Crippen molar-refractivity contribution in [2.24, 2.45) is 0 Å². The third-order valence-electron chi connectivity index (χ3n) is 5.65. The molecule has 33 heavy (non-hydrogen) atoms. The zero-order valence-corrected chi connectivity index (χ0v) is 18.6. The van der Waals surface area contributed by atoms with E-state index in [-0.39, 0.29) is 11.7 Å². The minimum absolute atomic E-state index is 0.194. The van der Waals surface area contributed by atoms with Crippen molar-refractivity contribution in [2.45, 2.75) is 57.7 Å². The van der Waals surface area contributed by atoms with E-state index < -0.39 is 11.7 Å². The predicted molar refractivity (Wildman–Crippen MR) is 124 cm³/mol. The number of aryl methyl sites for hydroxylation is 1. The Labute approximate surface area is 191 Å². The third-order valence-corrected chi connectivity index (χ3v) is 5.65. The number of hydrogen-bond donors (Lipinski definition) is 4. The molecule has 1 heterocycles. The van der Waals surface area contributed by atoms with E-state index in [0.717, 1.165) is 61.7 Å². The molecule has 3 rings (SSSR count). The molecular weight excluding hydrogens is 431 g/mol. The molecule has 1 aromatic heterocycles. The number of rotatable bonds is 11. The van der Waals surface area contributed by atoms with Gasteiger partial charge in [-0.3, -0.25) is 4.79 Å². The quantitative estimate of drug-likeness (QED) is 0.265. The topological polar surface area (TPSA) is 77.2 Å². The number of aromatic hydroxyl groups is 1.